The number of nitrogens with zero attached hydrogens (tertiary/aromatic N) is 1. The van der Waals surface area contributed by atoms with E-state index in [2.05, 4.69) is 24.6 Å². The van der Waals surface area contributed by atoms with Gasteiger partial charge in [0, 0.05) is 28.9 Å². The summed E-state index contributed by atoms with van der Waals surface area (Å²) in [5.74, 6) is -0.117. The molecular formula is C19H24N2O3S2. The molecule has 0 aliphatic carbocycles. The largest absolute Gasteiger partial charge is 0.330 e. The molecule has 1 fully saturated rings. The number of hydrogen-bond acceptors (Lipinski definition) is 4. The van der Waals surface area contributed by atoms with Crippen LogP contribution in [0.1, 0.15) is 47.6 Å². The van der Waals surface area contributed by atoms with Crippen molar-refractivity contribution in [2.24, 2.45) is 5.41 Å². The van der Waals surface area contributed by atoms with Crippen LogP contribution >= 0.6 is 11.3 Å². The second kappa shape index (κ2) is 6.79. The number of hydrogen-bond donors (Lipinski definition) is 1. The quantitative estimate of drug-likeness (QED) is 0.846. The van der Waals surface area contributed by atoms with Gasteiger partial charge in [0.25, 0.3) is 5.91 Å². The summed E-state index contributed by atoms with van der Waals surface area (Å²) in [5, 5.41) is 2.02. The third-order valence-corrected chi connectivity index (χ3v) is 7.26. The molecule has 2 aromatic rings. The fourth-order valence-electron chi connectivity index (χ4n) is 3.53. The van der Waals surface area contributed by atoms with E-state index in [4.69, 9.17) is 0 Å². The van der Waals surface area contributed by atoms with Gasteiger partial charge in [-0.1, -0.05) is 32.9 Å². The van der Waals surface area contributed by atoms with Gasteiger partial charge < -0.3 is 4.90 Å². The van der Waals surface area contributed by atoms with Gasteiger partial charge in [-0.3, -0.25) is 4.79 Å². The van der Waals surface area contributed by atoms with Crippen molar-refractivity contribution < 1.29 is 13.2 Å². The molecule has 0 saturated carbocycles. The zero-order valence-electron chi connectivity index (χ0n) is 15.4. The fourth-order valence-corrected chi connectivity index (χ4v) is 5.64. The van der Waals surface area contributed by atoms with Crippen LogP contribution in [0.2, 0.25) is 0 Å². The smallest absolute Gasteiger partial charge is 0.254 e. The summed E-state index contributed by atoms with van der Waals surface area (Å²) in [4.78, 5) is 16.3. The molecule has 1 atom stereocenters. The molecule has 5 nitrogen and oxygen atoms in total. The maximum Gasteiger partial charge on any atom is 0.254 e. The Kier molecular flexibility index (Phi) is 4.98. The van der Waals surface area contributed by atoms with E-state index >= 15 is 0 Å². The van der Waals surface area contributed by atoms with Gasteiger partial charge in [-0.25, -0.2) is 13.1 Å². The number of thiophene rings is 1. The molecule has 1 amide bonds. The Bertz CT molecular complexity index is 918. The first-order valence-corrected chi connectivity index (χ1v) is 11.0. The number of carbonyl (C=O) groups is 1. The van der Waals surface area contributed by atoms with E-state index in [0.717, 1.165) is 10.4 Å². The Morgan fingerprint density at radius 3 is 2.65 bits per heavy atom. The highest BCUT2D eigenvalue weighted by Crippen LogP contribution is 2.50. The van der Waals surface area contributed by atoms with Crippen LogP contribution in [-0.4, -0.2) is 32.3 Å². The molecule has 140 valence electrons. The minimum atomic E-state index is -3.60. The molecule has 2 heterocycles. The van der Waals surface area contributed by atoms with Crippen LogP contribution in [0.4, 0.5) is 0 Å². The SMILES string of the molecule is CCNS(=O)(=O)c1ccc(C)c(C(=O)N2CC(C)(C)C2c2cccs2)c1. The molecular weight excluding hydrogens is 368 g/mol. The maximum absolute atomic E-state index is 13.2. The standard InChI is InChI=1S/C19H24N2O3S2/c1-5-20-26(23,24)14-9-8-13(2)15(11-14)18(22)21-12-19(3,4)17(21)16-7-6-10-25-16/h6-11,17,20H,5,12H2,1-4H3. The predicted molar refractivity (Wildman–Crippen MR) is 104 cm³/mol. The Morgan fingerprint density at radius 2 is 2.08 bits per heavy atom. The van der Waals surface area contributed by atoms with Crippen LogP contribution in [-0.2, 0) is 10.0 Å². The molecule has 1 unspecified atom stereocenters. The highest BCUT2D eigenvalue weighted by Gasteiger charge is 2.49. The van der Waals surface area contributed by atoms with Crippen LogP contribution < -0.4 is 4.72 Å². The number of aryl methyl sites for hydroxylation is 1. The lowest BCUT2D eigenvalue weighted by Crippen LogP contribution is -2.57. The molecule has 0 radical (unpaired) electrons. The van der Waals surface area contributed by atoms with Crippen molar-refractivity contribution in [3.05, 3.63) is 51.7 Å². The van der Waals surface area contributed by atoms with Crippen molar-refractivity contribution in [1.82, 2.24) is 9.62 Å². The van der Waals surface area contributed by atoms with Crippen molar-refractivity contribution in [2.75, 3.05) is 13.1 Å². The number of amides is 1. The highest BCUT2D eigenvalue weighted by molar-refractivity contribution is 7.89. The van der Waals surface area contributed by atoms with Gasteiger partial charge in [-0.15, -0.1) is 11.3 Å². The molecule has 0 spiro atoms. The monoisotopic (exact) mass is 392 g/mol. The predicted octanol–water partition coefficient (Wildman–Crippen LogP) is 3.58. The number of likely N-dealkylation sites (tertiary alicyclic amines) is 1. The summed E-state index contributed by atoms with van der Waals surface area (Å²) in [7, 11) is -3.60. The molecule has 1 aromatic carbocycles. The van der Waals surface area contributed by atoms with Crippen molar-refractivity contribution in [1.29, 1.82) is 0 Å². The number of carbonyl (C=O) groups excluding carboxylic acids is 1. The number of rotatable bonds is 5. The highest BCUT2D eigenvalue weighted by atomic mass is 32.2. The van der Waals surface area contributed by atoms with Crippen molar-refractivity contribution in [3.63, 3.8) is 0 Å². The van der Waals surface area contributed by atoms with Gasteiger partial charge in [0.15, 0.2) is 0 Å². The van der Waals surface area contributed by atoms with Gasteiger partial charge in [0.05, 0.1) is 10.9 Å². The summed E-state index contributed by atoms with van der Waals surface area (Å²) >= 11 is 1.64. The average molecular weight is 393 g/mol. The van der Waals surface area contributed by atoms with Crippen LogP contribution in [0.25, 0.3) is 0 Å². The van der Waals surface area contributed by atoms with E-state index in [1.54, 1.807) is 30.4 Å². The van der Waals surface area contributed by atoms with Gasteiger partial charge in [-0.2, -0.15) is 0 Å². The zero-order valence-corrected chi connectivity index (χ0v) is 17.1. The third kappa shape index (κ3) is 3.31. The molecule has 3 rings (SSSR count). The summed E-state index contributed by atoms with van der Waals surface area (Å²) in [6.07, 6.45) is 0. The van der Waals surface area contributed by atoms with E-state index in [1.165, 1.54) is 6.07 Å². The van der Waals surface area contributed by atoms with Gasteiger partial charge in [-0.05, 0) is 36.1 Å². The molecule has 7 heteroatoms. The zero-order chi connectivity index (χ0) is 19.1. The fraction of sp³-hybridized carbons (Fsp3) is 0.421. The van der Waals surface area contributed by atoms with Gasteiger partial charge >= 0.3 is 0 Å². The average Bonchev–Trinajstić information content (AvgIpc) is 3.05. The topological polar surface area (TPSA) is 66.5 Å². The van der Waals surface area contributed by atoms with Gasteiger partial charge in [0.1, 0.15) is 0 Å². The lowest BCUT2D eigenvalue weighted by molar-refractivity contribution is -0.0306. The van der Waals surface area contributed by atoms with Crippen LogP contribution in [0.15, 0.2) is 40.6 Å². The Balaban J connectivity index is 1.95. The molecule has 1 aliphatic rings. The van der Waals surface area contributed by atoms with E-state index in [9.17, 15) is 13.2 Å². The second-order valence-electron chi connectivity index (χ2n) is 7.32. The molecule has 26 heavy (non-hydrogen) atoms. The minimum Gasteiger partial charge on any atom is -0.330 e. The van der Waals surface area contributed by atoms with Gasteiger partial charge in [0.2, 0.25) is 10.0 Å². The Labute approximate surface area is 159 Å². The lowest BCUT2D eigenvalue weighted by atomic mass is 9.73. The van der Waals surface area contributed by atoms with E-state index < -0.39 is 10.0 Å². The van der Waals surface area contributed by atoms with Crippen molar-refractivity contribution in [3.8, 4) is 0 Å². The first-order valence-electron chi connectivity index (χ1n) is 8.62. The number of sulfonamides is 1. The van der Waals surface area contributed by atoms with E-state index in [-0.39, 0.29) is 22.3 Å². The van der Waals surface area contributed by atoms with Crippen molar-refractivity contribution >= 4 is 27.3 Å². The second-order valence-corrected chi connectivity index (χ2v) is 10.1. The van der Waals surface area contributed by atoms with Crippen LogP contribution in [0.3, 0.4) is 0 Å². The van der Waals surface area contributed by atoms with E-state index in [0.29, 0.717) is 18.7 Å². The summed E-state index contributed by atoms with van der Waals surface area (Å²) in [5.41, 5.74) is 1.23. The molecule has 1 saturated heterocycles. The maximum atomic E-state index is 13.2. The summed E-state index contributed by atoms with van der Waals surface area (Å²) < 4.78 is 27.1. The number of benzene rings is 1. The van der Waals surface area contributed by atoms with Crippen LogP contribution in [0.5, 0.6) is 0 Å². The lowest BCUT2D eigenvalue weighted by Gasteiger charge is -2.54. The minimum absolute atomic E-state index is 0.00186. The summed E-state index contributed by atoms with van der Waals surface area (Å²) in [6.45, 7) is 8.83. The molecule has 1 aromatic heterocycles. The Hall–Kier alpha value is -1.70. The van der Waals surface area contributed by atoms with Crippen LogP contribution in [0, 0.1) is 12.3 Å². The Morgan fingerprint density at radius 1 is 1.35 bits per heavy atom. The third-order valence-electron chi connectivity index (χ3n) is 4.79. The normalized spacial score (nSPS) is 19.2. The number of nitrogens with one attached hydrogen (secondary N) is 1. The first kappa shape index (κ1) is 19.1. The molecule has 1 aliphatic heterocycles. The molecule has 0 bridgehead atoms. The van der Waals surface area contributed by atoms with E-state index in [1.807, 2.05) is 23.3 Å². The first-order chi connectivity index (χ1) is 12.2. The summed E-state index contributed by atoms with van der Waals surface area (Å²) in [6, 6.07) is 8.79. The van der Waals surface area contributed by atoms with Crippen molar-refractivity contribution in [2.45, 2.75) is 38.6 Å². The molecule has 1 N–H and O–H groups in total.